The van der Waals surface area contributed by atoms with Gasteiger partial charge in [-0.05, 0) is 12.8 Å². The van der Waals surface area contributed by atoms with Gasteiger partial charge in [0.05, 0.1) is 6.10 Å². The summed E-state index contributed by atoms with van der Waals surface area (Å²) in [6.07, 6.45) is 4.46. The van der Waals surface area contributed by atoms with Crippen LogP contribution >= 0.6 is 23.7 Å². The summed E-state index contributed by atoms with van der Waals surface area (Å²) in [6.45, 7) is 6.15. The summed E-state index contributed by atoms with van der Waals surface area (Å²) in [7, 11) is 0. The third kappa shape index (κ3) is 4.43. The lowest BCUT2D eigenvalue weighted by atomic mass is 10.2. The van der Waals surface area contributed by atoms with Crippen LogP contribution in [-0.4, -0.2) is 35.7 Å². The second-order valence-corrected chi connectivity index (χ2v) is 5.30. The van der Waals surface area contributed by atoms with Gasteiger partial charge >= 0.3 is 0 Å². The maximum absolute atomic E-state index is 5.75. The molecule has 2 N–H and O–H groups in total. The van der Waals surface area contributed by atoms with Crippen LogP contribution in [0.1, 0.15) is 24.6 Å². The number of ether oxygens (including phenoxy) is 1. The molecule has 17 heavy (non-hydrogen) atoms. The number of hydrogen-bond donors (Lipinski definition) is 1. The van der Waals surface area contributed by atoms with E-state index in [1.54, 1.807) is 11.3 Å². The molecular weight excluding hydrogens is 258 g/mol. The molecule has 1 fully saturated rings. The van der Waals surface area contributed by atoms with Crippen molar-refractivity contribution in [3.63, 3.8) is 0 Å². The van der Waals surface area contributed by atoms with Gasteiger partial charge in [0, 0.05) is 37.3 Å². The molecule has 1 atom stereocenters. The van der Waals surface area contributed by atoms with E-state index in [-0.39, 0.29) is 12.4 Å². The van der Waals surface area contributed by atoms with Crippen LogP contribution in [0.15, 0.2) is 6.20 Å². The summed E-state index contributed by atoms with van der Waals surface area (Å²) in [6, 6.07) is 0. The monoisotopic (exact) mass is 277 g/mol. The Kier molecular flexibility index (Phi) is 6.19. The number of nitrogen functional groups attached to an aromatic ring is 1. The molecule has 1 aromatic rings. The average molecular weight is 278 g/mol. The fraction of sp³-hybridized carbons (Fsp3) is 0.727. The molecule has 1 saturated heterocycles. The summed E-state index contributed by atoms with van der Waals surface area (Å²) in [5, 5.41) is 0.660. The van der Waals surface area contributed by atoms with Crippen molar-refractivity contribution in [3.05, 3.63) is 11.1 Å². The van der Waals surface area contributed by atoms with Crippen LogP contribution in [0.4, 0.5) is 5.13 Å². The van der Waals surface area contributed by atoms with Crippen molar-refractivity contribution < 1.29 is 4.74 Å². The topological polar surface area (TPSA) is 51.4 Å². The molecule has 0 saturated carbocycles. The number of halogens is 1. The zero-order valence-corrected chi connectivity index (χ0v) is 11.7. The Morgan fingerprint density at radius 2 is 2.47 bits per heavy atom. The number of aromatic nitrogens is 1. The van der Waals surface area contributed by atoms with Gasteiger partial charge in [0.2, 0.25) is 0 Å². The maximum Gasteiger partial charge on any atom is 0.180 e. The van der Waals surface area contributed by atoms with E-state index < -0.39 is 0 Å². The highest BCUT2D eigenvalue weighted by atomic mass is 35.5. The first-order chi connectivity index (χ1) is 7.78. The number of hydrogen-bond acceptors (Lipinski definition) is 5. The first-order valence-corrected chi connectivity index (χ1v) is 6.63. The summed E-state index contributed by atoms with van der Waals surface area (Å²) < 4.78 is 5.75. The van der Waals surface area contributed by atoms with Crippen molar-refractivity contribution in [2.75, 3.05) is 25.4 Å². The number of anilines is 1. The van der Waals surface area contributed by atoms with Gasteiger partial charge in [-0.25, -0.2) is 4.98 Å². The molecule has 0 amide bonds. The molecule has 1 aromatic heterocycles. The van der Waals surface area contributed by atoms with Crippen molar-refractivity contribution in [1.29, 1.82) is 0 Å². The Hall–Kier alpha value is -0.360. The molecule has 0 aliphatic carbocycles. The Labute approximate surface area is 113 Å². The molecule has 0 spiro atoms. The normalized spacial score (nSPS) is 21.8. The minimum absolute atomic E-state index is 0. The van der Waals surface area contributed by atoms with Gasteiger partial charge in [0.1, 0.15) is 0 Å². The molecule has 1 unspecified atom stereocenters. The molecule has 4 nitrogen and oxygen atoms in total. The summed E-state index contributed by atoms with van der Waals surface area (Å²) in [5.41, 5.74) is 5.63. The van der Waals surface area contributed by atoms with E-state index in [4.69, 9.17) is 10.5 Å². The first kappa shape index (κ1) is 14.7. The molecule has 2 heterocycles. The second-order valence-electron chi connectivity index (χ2n) is 4.15. The summed E-state index contributed by atoms with van der Waals surface area (Å²) in [5.74, 6) is 0. The van der Waals surface area contributed by atoms with Crippen LogP contribution in [0, 0.1) is 0 Å². The van der Waals surface area contributed by atoms with Crippen LogP contribution in [0.25, 0.3) is 0 Å². The van der Waals surface area contributed by atoms with Gasteiger partial charge in [0.25, 0.3) is 0 Å². The third-order valence-corrected chi connectivity index (χ3v) is 3.65. The minimum Gasteiger partial charge on any atom is -0.377 e. The van der Waals surface area contributed by atoms with E-state index in [1.165, 1.54) is 4.88 Å². The van der Waals surface area contributed by atoms with Crippen molar-refractivity contribution >= 4 is 28.9 Å². The highest BCUT2D eigenvalue weighted by Gasteiger charge is 2.17. The third-order valence-electron chi connectivity index (χ3n) is 2.84. The highest BCUT2D eigenvalue weighted by molar-refractivity contribution is 7.15. The molecular formula is C11H20ClN3OS. The van der Waals surface area contributed by atoms with E-state index in [0.29, 0.717) is 11.2 Å². The molecule has 0 aromatic carbocycles. The maximum atomic E-state index is 5.75. The zero-order chi connectivity index (χ0) is 11.4. The second kappa shape index (κ2) is 7.16. The van der Waals surface area contributed by atoms with Crippen LogP contribution in [-0.2, 0) is 11.3 Å². The van der Waals surface area contributed by atoms with Crippen molar-refractivity contribution in [2.45, 2.75) is 32.4 Å². The number of rotatable bonds is 3. The van der Waals surface area contributed by atoms with Gasteiger partial charge in [-0.1, -0.05) is 6.92 Å². The van der Waals surface area contributed by atoms with Crippen LogP contribution in [0.3, 0.4) is 0 Å². The van der Waals surface area contributed by atoms with Crippen molar-refractivity contribution in [1.82, 2.24) is 9.88 Å². The zero-order valence-electron chi connectivity index (χ0n) is 10.1. The van der Waals surface area contributed by atoms with E-state index in [1.807, 2.05) is 6.20 Å². The molecule has 1 aliphatic rings. The Bertz CT molecular complexity index is 334. The number of nitrogens with two attached hydrogens (primary N) is 1. The smallest absolute Gasteiger partial charge is 0.180 e. The highest BCUT2D eigenvalue weighted by Crippen LogP contribution is 2.18. The fourth-order valence-corrected chi connectivity index (χ4v) is 2.70. The van der Waals surface area contributed by atoms with Gasteiger partial charge < -0.3 is 10.5 Å². The van der Waals surface area contributed by atoms with Crippen LogP contribution in [0.5, 0.6) is 0 Å². The van der Waals surface area contributed by atoms with Crippen molar-refractivity contribution in [3.8, 4) is 0 Å². The minimum atomic E-state index is 0. The Balaban J connectivity index is 0.00000144. The van der Waals surface area contributed by atoms with Crippen LogP contribution < -0.4 is 5.73 Å². The van der Waals surface area contributed by atoms with Crippen LogP contribution in [0.2, 0.25) is 0 Å². The van der Waals surface area contributed by atoms with Gasteiger partial charge in [-0.2, -0.15) is 0 Å². The van der Waals surface area contributed by atoms with Gasteiger partial charge in [0.15, 0.2) is 5.13 Å². The fourth-order valence-electron chi connectivity index (χ4n) is 1.98. The number of thiazole rings is 1. The molecule has 0 bridgehead atoms. The lowest BCUT2D eigenvalue weighted by Crippen LogP contribution is -2.30. The molecule has 6 heteroatoms. The molecule has 98 valence electrons. The SMILES string of the molecule is CCC1CN(Cc2cnc(N)s2)CCCO1.Cl. The van der Waals surface area contributed by atoms with E-state index in [0.717, 1.165) is 39.1 Å². The predicted octanol–water partition coefficient (Wildman–Crippen LogP) is 2.15. The average Bonchev–Trinajstić information content (AvgIpc) is 2.55. The lowest BCUT2D eigenvalue weighted by molar-refractivity contribution is 0.0511. The van der Waals surface area contributed by atoms with Gasteiger partial charge in [-0.15, -0.1) is 23.7 Å². The van der Waals surface area contributed by atoms with Gasteiger partial charge in [-0.3, -0.25) is 4.90 Å². The standard InChI is InChI=1S/C11H19N3OS.ClH/c1-2-9-7-14(4-3-5-15-9)8-10-6-13-11(12)16-10;/h6,9H,2-5,7-8H2,1H3,(H2,12,13);1H. The van der Waals surface area contributed by atoms with E-state index in [2.05, 4.69) is 16.8 Å². The van der Waals surface area contributed by atoms with E-state index >= 15 is 0 Å². The first-order valence-electron chi connectivity index (χ1n) is 5.82. The predicted molar refractivity (Wildman–Crippen MR) is 73.7 cm³/mol. The van der Waals surface area contributed by atoms with Crippen molar-refractivity contribution in [2.24, 2.45) is 0 Å². The molecule has 2 rings (SSSR count). The largest absolute Gasteiger partial charge is 0.377 e. The Morgan fingerprint density at radius 1 is 1.65 bits per heavy atom. The summed E-state index contributed by atoms with van der Waals surface area (Å²) in [4.78, 5) is 7.77. The quantitative estimate of drug-likeness (QED) is 0.920. The number of nitrogens with zero attached hydrogens (tertiary/aromatic N) is 2. The Morgan fingerprint density at radius 3 is 3.12 bits per heavy atom. The lowest BCUT2D eigenvalue weighted by Gasteiger charge is -2.21. The van der Waals surface area contributed by atoms with E-state index in [9.17, 15) is 0 Å². The summed E-state index contributed by atoms with van der Waals surface area (Å²) >= 11 is 1.58. The molecule has 1 aliphatic heterocycles. The molecule has 0 radical (unpaired) electrons.